The fourth-order valence-corrected chi connectivity index (χ4v) is 3.11. The standard InChI is InChI=1S/C14H28N2O/c1-6-13(17)15-7-9-16(10-8-15)14(11(2)3)12(4)5/h11-12,14H,6-10H2,1-5H3. The van der Waals surface area contributed by atoms with E-state index in [-0.39, 0.29) is 0 Å². The van der Waals surface area contributed by atoms with Crippen molar-refractivity contribution < 1.29 is 4.79 Å². The Morgan fingerprint density at radius 2 is 1.47 bits per heavy atom. The van der Waals surface area contributed by atoms with Crippen LogP contribution in [0, 0.1) is 11.8 Å². The second-order valence-corrected chi connectivity index (χ2v) is 5.75. The largest absolute Gasteiger partial charge is 0.340 e. The molecule has 17 heavy (non-hydrogen) atoms. The van der Waals surface area contributed by atoms with Gasteiger partial charge in [-0.05, 0) is 11.8 Å². The minimum atomic E-state index is 0.301. The van der Waals surface area contributed by atoms with E-state index in [1.807, 2.05) is 11.8 Å². The molecule has 1 heterocycles. The fourth-order valence-electron chi connectivity index (χ4n) is 3.11. The zero-order valence-electron chi connectivity index (χ0n) is 12.1. The van der Waals surface area contributed by atoms with Gasteiger partial charge in [0.25, 0.3) is 0 Å². The van der Waals surface area contributed by atoms with Crippen LogP contribution in [0.5, 0.6) is 0 Å². The number of hydrogen-bond acceptors (Lipinski definition) is 2. The van der Waals surface area contributed by atoms with Gasteiger partial charge >= 0.3 is 0 Å². The van der Waals surface area contributed by atoms with Gasteiger partial charge in [-0.15, -0.1) is 0 Å². The van der Waals surface area contributed by atoms with Gasteiger partial charge in [-0.2, -0.15) is 0 Å². The first-order valence-corrected chi connectivity index (χ1v) is 6.99. The van der Waals surface area contributed by atoms with Crippen LogP contribution in [0.15, 0.2) is 0 Å². The maximum Gasteiger partial charge on any atom is 0.222 e. The Balaban J connectivity index is 2.53. The Bertz CT molecular complexity index is 235. The van der Waals surface area contributed by atoms with Crippen LogP contribution in [0.4, 0.5) is 0 Å². The lowest BCUT2D eigenvalue weighted by Gasteiger charge is -2.42. The van der Waals surface area contributed by atoms with Crippen LogP contribution in [0.3, 0.4) is 0 Å². The van der Waals surface area contributed by atoms with E-state index in [9.17, 15) is 4.79 Å². The molecule has 0 radical (unpaired) electrons. The fraction of sp³-hybridized carbons (Fsp3) is 0.929. The first-order valence-electron chi connectivity index (χ1n) is 6.99. The van der Waals surface area contributed by atoms with Crippen LogP contribution >= 0.6 is 0 Å². The molecule has 0 saturated carbocycles. The molecular formula is C14H28N2O. The summed E-state index contributed by atoms with van der Waals surface area (Å²) in [7, 11) is 0. The van der Waals surface area contributed by atoms with Gasteiger partial charge in [-0.1, -0.05) is 34.6 Å². The van der Waals surface area contributed by atoms with E-state index in [2.05, 4.69) is 32.6 Å². The quantitative estimate of drug-likeness (QED) is 0.752. The number of nitrogens with zero attached hydrogens (tertiary/aromatic N) is 2. The lowest BCUT2D eigenvalue weighted by molar-refractivity contribution is -0.133. The Morgan fingerprint density at radius 1 is 1.00 bits per heavy atom. The Labute approximate surface area is 106 Å². The summed E-state index contributed by atoms with van der Waals surface area (Å²) < 4.78 is 0. The minimum Gasteiger partial charge on any atom is -0.340 e. The van der Waals surface area contributed by atoms with E-state index < -0.39 is 0 Å². The molecule has 0 aromatic heterocycles. The number of carbonyl (C=O) groups is 1. The third kappa shape index (κ3) is 3.70. The van der Waals surface area contributed by atoms with Crippen LogP contribution in [0.2, 0.25) is 0 Å². The molecule has 1 saturated heterocycles. The molecule has 1 rings (SSSR count). The number of amides is 1. The Kier molecular flexibility index (Phi) is 5.44. The molecule has 0 unspecified atom stereocenters. The molecule has 1 aliphatic heterocycles. The average molecular weight is 240 g/mol. The maximum atomic E-state index is 11.6. The average Bonchev–Trinajstić information content (AvgIpc) is 2.28. The summed E-state index contributed by atoms with van der Waals surface area (Å²) in [5.74, 6) is 1.67. The first-order chi connectivity index (χ1) is 7.97. The molecule has 3 nitrogen and oxygen atoms in total. The first kappa shape index (κ1) is 14.5. The lowest BCUT2D eigenvalue weighted by Crippen LogP contribution is -2.54. The predicted octanol–water partition coefficient (Wildman–Crippen LogP) is 2.22. The van der Waals surface area contributed by atoms with Crippen LogP contribution in [0.1, 0.15) is 41.0 Å². The highest BCUT2D eigenvalue weighted by Crippen LogP contribution is 2.21. The highest BCUT2D eigenvalue weighted by atomic mass is 16.2. The molecule has 1 amide bonds. The topological polar surface area (TPSA) is 23.6 Å². The van der Waals surface area contributed by atoms with Crippen molar-refractivity contribution in [3.63, 3.8) is 0 Å². The van der Waals surface area contributed by atoms with Gasteiger partial charge in [0.1, 0.15) is 0 Å². The van der Waals surface area contributed by atoms with Crippen LogP contribution in [-0.4, -0.2) is 47.9 Å². The molecule has 100 valence electrons. The van der Waals surface area contributed by atoms with E-state index in [0.717, 1.165) is 26.2 Å². The van der Waals surface area contributed by atoms with E-state index in [1.165, 1.54) is 0 Å². The molecule has 0 bridgehead atoms. The summed E-state index contributed by atoms with van der Waals surface area (Å²) >= 11 is 0. The summed E-state index contributed by atoms with van der Waals surface area (Å²) in [6.07, 6.45) is 0.637. The van der Waals surface area contributed by atoms with Crippen molar-refractivity contribution in [1.29, 1.82) is 0 Å². The van der Waals surface area contributed by atoms with Crippen molar-refractivity contribution in [2.24, 2.45) is 11.8 Å². The second-order valence-electron chi connectivity index (χ2n) is 5.75. The van der Waals surface area contributed by atoms with Gasteiger partial charge in [0.15, 0.2) is 0 Å². The zero-order chi connectivity index (χ0) is 13.0. The molecule has 0 spiro atoms. The molecular weight excluding hydrogens is 212 g/mol. The second kappa shape index (κ2) is 6.39. The van der Waals surface area contributed by atoms with Crippen molar-refractivity contribution >= 4 is 5.91 Å². The summed E-state index contributed by atoms with van der Waals surface area (Å²) in [6, 6.07) is 0.647. The molecule has 0 N–H and O–H groups in total. The van der Waals surface area contributed by atoms with Crippen molar-refractivity contribution in [2.45, 2.75) is 47.1 Å². The summed E-state index contributed by atoms with van der Waals surface area (Å²) in [4.78, 5) is 16.2. The monoisotopic (exact) mass is 240 g/mol. The van der Waals surface area contributed by atoms with Crippen molar-refractivity contribution in [2.75, 3.05) is 26.2 Å². The maximum absolute atomic E-state index is 11.6. The number of piperazine rings is 1. The molecule has 1 aliphatic rings. The lowest BCUT2D eigenvalue weighted by atomic mass is 9.91. The van der Waals surface area contributed by atoms with Crippen LogP contribution in [-0.2, 0) is 4.79 Å². The predicted molar refractivity (Wildman–Crippen MR) is 71.9 cm³/mol. The minimum absolute atomic E-state index is 0.301. The Hall–Kier alpha value is -0.570. The molecule has 1 fully saturated rings. The Morgan fingerprint density at radius 3 is 1.82 bits per heavy atom. The van der Waals surface area contributed by atoms with Gasteiger partial charge in [0.2, 0.25) is 5.91 Å². The number of rotatable bonds is 4. The van der Waals surface area contributed by atoms with Gasteiger partial charge in [-0.3, -0.25) is 9.69 Å². The normalized spacial score (nSPS) is 18.5. The van der Waals surface area contributed by atoms with Crippen LogP contribution in [0.25, 0.3) is 0 Å². The van der Waals surface area contributed by atoms with Gasteiger partial charge in [0.05, 0.1) is 0 Å². The van der Waals surface area contributed by atoms with E-state index in [0.29, 0.717) is 30.2 Å². The SMILES string of the molecule is CCC(=O)N1CCN(C(C(C)C)C(C)C)CC1. The number of carbonyl (C=O) groups excluding carboxylic acids is 1. The third-order valence-electron chi connectivity index (χ3n) is 3.76. The molecule has 0 aromatic carbocycles. The summed E-state index contributed by atoms with van der Waals surface area (Å²) in [6.45, 7) is 15.0. The van der Waals surface area contributed by atoms with E-state index in [4.69, 9.17) is 0 Å². The third-order valence-corrected chi connectivity index (χ3v) is 3.76. The van der Waals surface area contributed by atoms with Crippen molar-refractivity contribution in [1.82, 2.24) is 9.80 Å². The van der Waals surface area contributed by atoms with Crippen molar-refractivity contribution in [3.8, 4) is 0 Å². The molecule has 3 heteroatoms. The summed E-state index contributed by atoms with van der Waals surface area (Å²) in [5.41, 5.74) is 0. The number of hydrogen-bond donors (Lipinski definition) is 0. The highest BCUT2D eigenvalue weighted by Gasteiger charge is 2.28. The summed E-state index contributed by atoms with van der Waals surface area (Å²) in [5, 5.41) is 0. The van der Waals surface area contributed by atoms with Gasteiger partial charge < -0.3 is 4.90 Å². The van der Waals surface area contributed by atoms with Crippen LogP contribution < -0.4 is 0 Å². The van der Waals surface area contributed by atoms with E-state index >= 15 is 0 Å². The smallest absolute Gasteiger partial charge is 0.222 e. The molecule has 0 atom stereocenters. The molecule has 0 aromatic rings. The van der Waals surface area contributed by atoms with Crippen molar-refractivity contribution in [3.05, 3.63) is 0 Å². The van der Waals surface area contributed by atoms with Gasteiger partial charge in [-0.25, -0.2) is 0 Å². The highest BCUT2D eigenvalue weighted by molar-refractivity contribution is 5.75. The van der Waals surface area contributed by atoms with E-state index in [1.54, 1.807) is 0 Å². The zero-order valence-corrected chi connectivity index (χ0v) is 12.1. The van der Waals surface area contributed by atoms with Gasteiger partial charge in [0, 0.05) is 38.6 Å². The molecule has 0 aliphatic carbocycles.